The SMILES string of the molecule is C=C(C[C@H](NC(=O)CC1CC1)C(=O)NCC)N1CCCC[C@@H]1C. The lowest BCUT2D eigenvalue weighted by Gasteiger charge is -2.37. The summed E-state index contributed by atoms with van der Waals surface area (Å²) in [6, 6.07) is -0.0453. The molecule has 0 unspecified atom stereocenters. The van der Waals surface area contributed by atoms with Crippen molar-refractivity contribution in [1.82, 2.24) is 15.5 Å². The standard InChI is InChI=1S/C18H31N3O2/c1-4-19-18(23)16(20-17(22)12-15-8-9-15)11-14(3)21-10-6-5-7-13(21)2/h13,15-16H,3-12H2,1-2H3,(H,19,23)(H,20,22)/t13-,16-/m0/s1. The van der Waals surface area contributed by atoms with Crippen LogP contribution in [0, 0.1) is 5.92 Å². The van der Waals surface area contributed by atoms with Crippen LogP contribution in [0.15, 0.2) is 12.3 Å². The Bertz CT molecular complexity index is 446. The Labute approximate surface area is 139 Å². The van der Waals surface area contributed by atoms with E-state index in [1.807, 2.05) is 6.92 Å². The highest BCUT2D eigenvalue weighted by Gasteiger charge is 2.29. The average molecular weight is 321 g/mol. The third kappa shape index (κ3) is 5.56. The number of nitrogens with one attached hydrogen (secondary N) is 2. The van der Waals surface area contributed by atoms with Crippen molar-refractivity contribution in [1.29, 1.82) is 0 Å². The van der Waals surface area contributed by atoms with Gasteiger partial charge in [0.1, 0.15) is 6.04 Å². The molecule has 0 radical (unpaired) electrons. The second-order valence-electron chi connectivity index (χ2n) is 6.97. The number of amides is 2. The van der Waals surface area contributed by atoms with Gasteiger partial charge in [0.15, 0.2) is 0 Å². The molecule has 0 aromatic rings. The quantitative estimate of drug-likeness (QED) is 0.720. The Morgan fingerprint density at radius 1 is 1.26 bits per heavy atom. The van der Waals surface area contributed by atoms with Crippen LogP contribution in [-0.2, 0) is 9.59 Å². The van der Waals surface area contributed by atoms with Crippen molar-refractivity contribution in [3.05, 3.63) is 12.3 Å². The smallest absolute Gasteiger partial charge is 0.242 e. The molecule has 5 heteroatoms. The zero-order valence-electron chi connectivity index (χ0n) is 14.6. The number of hydrogen-bond acceptors (Lipinski definition) is 3. The van der Waals surface area contributed by atoms with Gasteiger partial charge in [-0.3, -0.25) is 9.59 Å². The molecule has 2 amide bonds. The van der Waals surface area contributed by atoms with Crippen LogP contribution in [0.4, 0.5) is 0 Å². The zero-order valence-corrected chi connectivity index (χ0v) is 14.6. The molecule has 2 N–H and O–H groups in total. The van der Waals surface area contributed by atoms with Crippen LogP contribution in [0.25, 0.3) is 0 Å². The molecule has 23 heavy (non-hydrogen) atoms. The Morgan fingerprint density at radius 3 is 2.61 bits per heavy atom. The monoisotopic (exact) mass is 321 g/mol. The Morgan fingerprint density at radius 2 is 2.00 bits per heavy atom. The summed E-state index contributed by atoms with van der Waals surface area (Å²) in [7, 11) is 0. The fourth-order valence-corrected chi connectivity index (χ4v) is 3.26. The molecule has 2 atom stereocenters. The number of carbonyl (C=O) groups excluding carboxylic acids is 2. The summed E-state index contributed by atoms with van der Waals surface area (Å²) in [4.78, 5) is 26.7. The first-order valence-electron chi connectivity index (χ1n) is 9.02. The maximum absolute atomic E-state index is 12.3. The molecule has 2 fully saturated rings. The summed E-state index contributed by atoms with van der Waals surface area (Å²) < 4.78 is 0. The normalized spacial score (nSPS) is 22.3. The first-order chi connectivity index (χ1) is 11.0. The number of carbonyl (C=O) groups is 2. The fraction of sp³-hybridized carbons (Fsp3) is 0.778. The second kappa shape index (κ2) is 8.37. The van der Waals surface area contributed by atoms with E-state index >= 15 is 0 Å². The minimum atomic E-state index is -0.511. The molecule has 1 heterocycles. The molecule has 2 aliphatic rings. The number of nitrogens with zero attached hydrogens (tertiary/aromatic N) is 1. The molecular formula is C18H31N3O2. The van der Waals surface area contributed by atoms with Gasteiger partial charge in [0.2, 0.25) is 11.8 Å². The topological polar surface area (TPSA) is 61.4 Å². The first-order valence-corrected chi connectivity index (χ1v) is 9.02. The van der Waals surface area contributed by atoms with E-state index in [0.29, 0.717) is 31.3 Å². The van der Waals surface area contributed by atoms with E-state index in [1.54, 1.807) is 0 Å². The van der Waals surface area contributed by atoms with E-state index in [4.69, 9.17) is 0 Å². The summed E-state index contributed by atoms with van der Waals surface area (Å²) in [5, 5.41) is 5.75. The largest absolute Gasteiger partial charge is 0.373 e. The Hall–Kier alpha value is -1.52. The molecular weight excluding hydrogens is 290 g/mol. The van der Waals surface area contributed by atoms with Crippen LogP contribution < -0.4 is 10.6 Å². The highest BCUT2D eigenvalue weighted by molar-refractivity contribution is 5.87. The van der Waals surface area contributed by atoms with E-state index in [2.05, 4.69) is 29.0 Å². The lowest BCUT2D eigenvalue weighted by molar-refractivity contribution is -0.129. The maximum Gasteiger partial charge on any atom is 0.242 e. The van der Waals surface area contributed by atoms with Gasteiger partial charge in [-0.2, -0.15) is 0 Å². The van der Waals surface area contributed by atoms with E-state index in [9.17, 15) is 9.59 Å². The number of piperidine rings is 1. The van der Waals surface area contributed by atoms with Gasteiger partial charge in [-0.05, 0) is 51.9 Å². The summed E-state index contributed by atoms with van der Waals surface area (Å²) in [6.45, 7) is 9.85. The molecule has 1 saturated carbocycles. The fourth-order valence-electron chi connectivity index (χ4n) is 3.26. The van der Waals surface area contributed by atoms with Gasteiger partial charge in [0.05, 0.1) is 0 Å². The minimum absolute atomic E-state index is 0.0109. The molecule has 0 aromatic carbocycles. The van der Waals surface area contributed by atoms with Gasteiger partial charge in [-0.25, -0.2) is 0 Å². The second-order valence-corrected chi connectivity index (χ2v) is 6.97. The van der Waals surface area contributed by atoms with Crippen molar-refractivity contribution in [2.45, 2.75) is 70.9 Å². The van der Waals surface area contributed by atoms with E-state index in [0.717, 1.165) is 25.1 Å². The summed E-state index contributed by atoms with van der Waals surface area (Å²) in [5.74, 6) is 0.404. The van der Waals surface area contributed by atoms with Gasteiger partial charge < -0.3 is 15.5 Å². The van der Waals surface area contributed by atoms with Crippen molar-refractivity contribution in [3.8, 4) is 0 Å². The van der Waals surface area contributed by atoms with Gasteiger partial charge in [-0.15, -0.1) is 0 Å². The van der Waals surface area contributed by atoms with Gasteiger partial charge in [-0.1, -0.05) is 6.58 Å². The molecule has 130 valence electrons. The lowest BCUT2D eigenvalue weighted by Crippen LogP contribution is -2.48. The number of hydrogen-bond donors (Lipinski definition) is 2. The molecule has 1 saturated heterocycles. The summed E-state index contributed by atoms with van der Waals surface area (Å²) in [5.41, 5.74) is 0.958. The van der Waals surface area contributed by atoms with Crippen LogP contribution in [0.5, 0.6) is 0 Å². The molecule has 0 aromatic heterocycles. The number of likely N-dealkylation sites (tertiary alicyclic amines) is 1. The molecule has 1 aliphatic heterocycles. The summed E-state index contributed by atoms with van der Waals surface area (Å²) in [6.07, 6.45) is 6.90. The van der Waals surface area contributed by atoms with Crippen molar-refractivity contribution < 1.29 is 9.59 Å². The van der Waals surface area contributed by atoms with Crippen molar-refractivity contribution in [3.63, 3.8) is 0 Å². The number of likely N-dealkylation sites (N-methyl/N-ethyl adjacent to an activating group) is 1. The van der Waals surface area contributed by atoms with Gasteiger partial charge >= 0.3 is 0 Å². The lowest BCUT2D eigenvalue weighted by atomic mass is 10.0. The molecule has 2 rings (SSSR count). The molecule has 5 nitrogen and oxygen atoms in total. The van der Waals surface area contributed by atoms with Gasteiger partial charge in [0, 0.05) is 37.7 Å². The maximum atomic E-state index is 12.3. The Balaban J connectivity index is 1.93. The van der Waals surface area contributed by atoms with Gasteiger partial charge in [0.25, 0.3) is 0 Å². The molecule has 1 aliphatic carbocycles. The zero-order chi connectivity index (χ0) is 16.8. The van der Waals surface area contributed by atoms with Crippen LogP contribution in [-0.4, -0.2) is 41.9 Å². The molecule has 0 spiro atoms. The van der Waals surface area contributed by atoms with E-state index in [-0.39, 0.29) is 11.8 Å². The van der Waals surface area contributed by atoms with Crippen molar-refractivity contribution in [2.24, 2.45) is 5.92 Å². The van der Waals surface area contributed by atoms with E-state index in [1.165, 1.54) is 19.3 Å². The third-order valence-corrected chi connectivity index (χ3v) is 4.82. The van der Waals surface area contributed by atoms with Crippen molar-refractivity contribution >= 4 is 11.8 Å². The highest BCUT2D eigenvalue weighted by Crippen LogP contribution is 2.32. The predicted molar refractivity (Wildman–Crippen MR) is 91.7 cm³/mol. The van der Waals surface area contributed by atoms with Crippen LogP contribution in [0.2, 0.25) is 0 Å². The Kier molecular flexibility index (Phi) is 6.48. The third-order valence-electron chi connectivity index (χ3n) is 4.82. The minimum Gasteiger partial charge on any atom is -0.373 e. The van der Waals surface area contributed by atoms with Crippen molar-refractivity contribution in [2.75, 3.05) is 13.1 Å². The van der Waals surface area contributed by atoms with Crippen LogP contribution in [0.1, 0.15) is 58.8 Å². The van der Waals surface area contributed by atoms with Crippen LogP contribution in [0.3, 0.4) is 0 Å². The molecule has 0 bridgehead atoms. The average Bonchev–Trinajstić information content (AvgIpc) is 3.31. The first kappa shape index (κ1) is 17.8. The predicted octanol–water partition coefficient (Wildman–Crippen LogP) is 2.19. The van der Waals surface area contributed by atoms with Crippen LogP contribution >= 0.6 is 0 Å². The summed E-state index contributed by atoms with van der Waals surface area (Å²) >= 11 is 0. The number of rotatable bonds is 8. The highest BCUT2D eigenvalue weighted by atomic mass is 16.2. The van der Waals surface area contributed by atoms with E-state index < -0.39 is 6.04 Å².